The lowest BCUT2D eigenvalue weighted by atomic mass is 10.1. The summed E-state index contributed by atoms with van der Waals surface area (Å²) in [5.74, 6) is 0. The van der Waals surface area contributed by atoms with E-state index in [1.807, 2.05) is 20.8 Å². The van der Waals surface area contributed by atoms with Crippen LogP contribution in [-0.2, 0) is 4.74 Å². The number of nitrogens with one attached hydrogen (secondary N) is 1. The zero-order valence-electron chi connectivity index (χ0n) is 9.41. The molecule has 1 fully saturated rings. The molecule has 1 N–H and O–H groups in total. The number of carbonyl (C=O) groups is 1. The molecule has 2 unspecified atom stereocenters. The van der Waals surface area contributed by atoms with Crippen LogP contribution in [0.4, 0.5) is 4.79 Å². The second-order valence-electron chi connectivity index (χ2n) is 4.24. The van der Waals surface area contributed by atoms with Crippen LogP contribution in [0.25, 0.3) is 0 Å². The van der Waals surface area contributed by atoms with E-state index in [2.05, 4.69) is 12.2 Å². The van der Waals surface area contributed by atoms with Crippen LogP contribution in [-0.4, -0.2) is 42.3 Å². The molecule has 14 heavy (non-hydrogen) atoms. The van der Waals surface area contributed by atoms with Crippen molar-refractivity contribution in [1.29, 1.82) is 0 Å². The predicted molar refractivity (Wildman–Crippen MR) is 55.2 cm³/mol. The van der Waals surface area contributed by atoms with Gasteiger partial charge in [0.1, 0.15) is 0 Å². The van der Waals surface area contributed by atoms with Gasteiger partial charge in [0.05, 0.1) is 6.10 Å². The molecule has 4 nitrogen and oxygen atoms in total. The van der Waals surface area contributed by atoms with Gasteiger partial charge in [0.2, 0.25) is 0 Å². The topological polar surface area (TPSA) is 41.6 Å². The Hall–Kier alpha value is -0.770. The van der Waals surface area contributed by atoms with Crippen molar-refractivity contribution in [2.75, 3.05) is 13.1 Å². The second-order valence-corrected chi connectivity index (χ2v) is 4.24. The largest absolute Gasteiger partial charge is 0.447 e. The molecule has 0 aromatic carbocycles. The first-order chi connectivity index (χ1) is 6.50. The van der Waals surface area contributed by atoms with E-state index < -0.39 is 0 Å². The summed E-state index contributed by atoms with van der Waals surface area (Å²) in [5, 5.41) is 3.32. The molecular weight excluding hydrogens is 180 g/mol. The Kier molecular flexibility index (Phi) is 3.75. The van der Waals surface area contributed by atoms with Crippen LogP contribution in [0.15, 0.2) is 0 Å². The molecule has 0 aliphatic carbocycles. The van der Waals surface area contributed by atoms with Crippen LogP contribution >= 0.6 is 0 Å². The van der Waals surface area contributed by atoms with E-state index in [9.17, 15) is 4.79 Å². The molecule has 1 amide bonds. The molecule has 82 valence electrons. The van der Waals surface area contributed by atoms with Crippen molar-refractivity contribution in [3.63, 3.8) is 0 Å². The molecule has 0 saturated carbocycles. The van der Waals surface area contributed by atoms with Crippen molar-refractivity contribution in [2.45, 2.75) is 45.9 Å². The number of hydrogen-bond donors (Lipinski definition) is 1. The van der Waals surface area contributed by atoms with Gasteiger partial charge in [-0.3, -0.25) is 0 Å². The molecule has 0 radical (unpaired) electrons. The van der Waals surface area contributed by atoms with Crippen LogP contribution in [0, 0.1) is 0 Å². The smallest absolute Gasteiger partial charge is 0.410 e. The third-order valence-corrected chi connectivity index (χ3v) is 2.34. The number of amides is 1. The maximum Gasteiger partial charge on any atom is 0.410 e. The van der Waals surface area contributed by atoms with Crippen molar-refractivity contribution in [3.8, 4) is 0 Å². The summed E-state index contributed by atoms with van der Waals surface area (Å²) in [6.45, 7) is 9.41. The monoisotopic (exact) mass is 200 g/mol. The van der Waals surface area contributed by atoms with Gasteiger partial charge in [0.15, 0.2) is 0 Å². The van der Waals surface area contributed by atoms with E-state index >= 15 is 0 Å². The number of nitrogens with zero attached hydrogens (tertiary/aromatic N) is 1. The molecular formula is C10H20N2O2. The van der Waals surface area contributed by atoms with E-state index in [1.54, 1.807) is 4.90 Å². The predicted octanol–water partition coefficient (Wildman–Crippen LogP) is 1.21. The Balaban J connectivity index is 2.51. The first kappa shape index (κ1) is 11.3. The summed E-state index contributed by atoms with van der Waals surface area (Å²) >= 11 is 0. The van der Waals surface area contributed by atoms with Crippen molar-refractivity contribution in [2.24, 2.45) is 0 Å². The lowest BCUT2D eigenvalue weighted by Gasteiger charge is -2.37. The Morgan fingerprint density at radius 2 is 2.14 bits per heavy atom. The maximum atomic E-state index is 11.6. The fourth-order valence-electron chi connectivity index (χ4n) is 1.55. The summed E-state index contributed by atoms with van der Waals surface area (Å²) < 4.78 is 5.17. The van der Waals surface area contributed by atoms with Crippen molar-refractivity contribution in [3.05, 3.63) is 0 Å². The van der Waals surface area contributed by atoms with Gasteiger partial charge in [-0.15, -0.1) is 0 Å². The van der Waals surface area contributed by atoms with Gasteiger partial charge in [-0.2, -0.15) is 0 Å². The number of ether oxygens (including phenoxy) is 1. The van der Waals surface area contributed by atoms with Crippen molar-refractivity contribution >= 4 is 6.09 Å². The Bertz CT molecular complexity index is 206. The fraction of sp³-hybridized carbons (Fsp3) is 0.900. The standard InChI is InChI=1S/C10H20N2O2/c1-7(2)14-10(13)12-6-8(3)11-5-9(12)4/h7-9,11H,5-6H2,1-4H3. The summed E-state index contributed by atoms with van der Waals surface area (Å²) in [4.78, 5) is 13.4. The van der Waals surface area contributed by atoms with Crippen LogP contribution < -0.4 is 5.32 Å². The zero-order valence-corrected chi connectivity index (χ0v) is 9.41. The molecule has 1 aliphatic rings. The van der Waals surface area contributed by atoms with Gasteiger partial charge in [-0.25, -0.2) is 4.79 Å². The van der Waals surface area contributed by atoms with Crippen LogP contribution in [0.1, 0.15) is 27.7 Å². The summed E-state index contributed by atoms with van der Waals surface area (Å²) in [5.41, 5.74) is 0. The minimum Gasteiger partial charge on any atom is -0.447 e. The van der Waals surface area contributed by atoms with Gasteiger partial charge in [-0.05, 0) is 27.7 Å². The molecule has 2 atom stereocenters. The van der Waals surface area contributed by atoms with E-state index in [1.165, 1.54) is 0 Å². The fourth-order valence-corrected chi connectivity index (χ4v) is 1.55. The lowest BCUT2D eigenvalue weighted by Crippen LogP contribution is -2.56. The highest BCUT2D eigenvalue weighted by Crippen LogP contribution is 2.09. The summed E-state index contributed by atoms with van der Waals surface area (Å²) in [7, 11) is 0. The first-order valence-corrected chi connectivity index (χ1v) is 5.21. The highest BCUT2D eigenvalue weighted by molar-refractivity contribution is 5.68. The van der Waals surface area contributed by atoms with Gasteiger partial charge in [-0.1, -0.05) is 0 Å². The van der Waals surface area contributed by atoms with Gasteiger partial charge in [0.25, 0.3) is 0 Å². The van der Waals surface area contributed by atoms with Gasteiger partial charge >= 0.3 is 6.09 Å². The maximum absolute atomic E-state index is 11.6. The third kappa shape index (κ3) is 2.87. The van der Waals surface area contributed by atoms with Crippen LogP contribution in [0.5, 0.6) is 0 Å². The lowest BCUT2D eigenvalue weighted by molar-refractivity contribution is 0.0535. The molecule has 0 aromatic rings. The van der Waals surface area contributed by atoms with E-state index in [0.717, 1.165) is 13.1 Å². The van der Waals surface area contributed by atoms with E-state index in [0.29, 0.717) is 6.04 Å². The van der Waals surface area contributed by atoms with Gasteiger partial charge in [0, 0.05) is 25.2 Å². The molecule has 4 heteroatoms. The molecule has 1 saturated heterocycles. The number of piperazine rings is 1. The quantitative estimate of drug-likeness (QED) is 0.692. The number of rotatable bonds is 1. The zero-order chi connectivity index (χ0) is 10.7. The van der Waals surface area contributed by atoms with Crippen molar-refractivity contribution < 1.29 is 9.53 Å². The normalized spacial score (nSPS) is 27.9. The molecule has 0 aromatic heterocycles. The Labute approximate surface area is 85.6 Å². The van der Waals surface area contributed by atoms with E-state index in [4.69, 9.17) is 4.74 Å². The van der Waals surface area contributed by atoms with Crippen LogP contribution in [0.3, 0.4) is 0 Å². The SMILES string of the molecule is CC1CN(C(=O)OC(C)C)C(C)CN1. The molecule has 0 bridgehead atoms. The van der Waals surface area contributed by atoms with Crippen LogP contribution in [0.2, 0.25) is 0 Å². The second kappa shape index (κ2) is 4.64. The molecule has 0 spiro atoms. The average Bonchev–Trinajstić information content (AvgIpc) is 2.08. The summed E-state index contributed by atoms with van der Waals surface area (Å²) in [6, 6.07) is 0.573. The Morgan fingerprint density at radius 1 is 1.50 bits per heavy atom. The van der Waals surface area contributed by atoms with Crippen molar-refractivity contribution in [1.82, 2.24) is 10.2 Å². The number of carbonyl (C=O) groups excluding carboxylic acids is 1. The molecule has 1 aliphatic heterocycles. The summed E-state index contributed by atoms with van der Waals surface area (Å²) in [6.07, 6.45) is -0.235. The van der Waals surface area contributed by atoms with E-state index in [-0.39, 0.29) is 18.2 Å². The highest BCUT2D eigenvalue weighted by Gasteiger charge is 2.27. The minimum atomic E-state index is -0.194. The first-order valence-electron chi connectivity index (χ1n) is 5.21. The molecule has 1 heterocycles. The highest BCUT2D eigenvalue weighted by atomic mass is 16.6. The average molecular weight is 200 g/mol. The minimum absolute atomic E-state index is 0.0418. The Morgan fingerprint density at radius 3 is 2.71 bits per heavy atom. The van der Waals surface area contributed by atoms with Gasteiger partial charge < -0.3 is 15.0 Å². The molecule has 1 rings (SSSR count). The third-order valence-electron chi connectivity index (χ3n) is 2.34. The number of hydrogen-bond acceptors (Lipinski definition) is 3.